The Kier molecular flexibility index (Phi) is 4.37. The molecule has 0 radical (unpaired) electrons. The molecule has 1 aliphatic carbocycles. The number of ketones is 2. The minimum atomic E-state index is -0.114. The number of rotatable bonds is 3. The fourth-order valence-electron chi connectivity index (χ4n) is 3.21. The van der Waals surface area contributed by atoms with Crippen molar-refractivity contribution in [3.63, 3.8) is 0 Å². The van der Waals surface area contributed by atoms with Crippen molar-refractivity contribution in [1.82, 2.24) is 4.90 Å². The fraction of sp³-hybridized carbons (Fsp3) is 0.444. The third kappa shape index (κ3) is 2.96. The number of methoxy groups -OCH3 is 1. The zero-order chi connectivity index (χ0) is 16.4. The number of hydrogen-bond donors (Lipinski definition) is 0. The van der Waals surface area contributed by atoms with Crippen molar-refractivity contribution >= 4 is 11.6 Å². The Morgan fingerprint density at radius 1 is 1.17 bits per heavy atom. The van der Waals surface area contributed by atoms with Crippen molar-refractivity contribution < 1.29 is 19.1 Å². The molecule has 2 fully saturated rings. The Bertz CT molecular complexity index is 627. The van der Waals surface area contributed by atoms with Gasteiger partial charge in [0.1, 0.15) is 17.9 Å². The lowest BCUT2D eigenvalue weighted by molar-refractivity contribution is -0.124. The highest BCUT2D eigenvalue weighted by Gasteiger charge is 2.37. The molecular formula is C18H21NO4. The Morgan fingerprint density at radius 3 is 2.39 bits per heavy atom. The summed E-state index contributed by atoms with van der Waals surface area (Å²) in [5.74, 6) is 0.954. The summed E-state index contributed by atoms with van der Waals surface area (Å²) in [6.45, 7) is 4.00. The number of likely N-dealkylation sites (N-methyl/N-ethyl adjacent to an activating group) is 1. The second-order valence-electron chi connectivity index (χ2n) is 5.83. The van der Waals surface area contributed by atoms with Crippen molar-refractivity contribution in [2.45, 2.75) is 25.7 Å². The van der Waals surface area contributed by atoms with E-state index < -0.39 is 0 Å². The quantitative estimate of drug-likeness (QED) is 0.633. The van der Waals surface area contributed by atoms with Crippen LogP contribution in [-0.4, -0.2) is 43.3 Å². The molecule has 0 unspecified atom stereocenters. The normalized spacial score (nSPS) is 21.7. The van der Waals surface area contributed by atoms with Gasteiger partial charge in [-0.1, -0.05) is 12.1 Å². The molecule has 0 amide bonds. The second kappa shape index (κ2) is 6.44. The summed E-state index contributed by atoms with van der Waals surface area (Å²) in [6.07, 6.45) is 0.690. The van der Waals surface area contributed by atoms with Crippen molar-refractivity contribution in [2.75, 3.05) is 26.8 Å². The van der Waals surface area contributed by atoms with E-state index in [0.717, 1.165) is 24.4 Å². The molecule has 0 spiro atoms. The highest BCUT2D eigenvalue weighted by atomic mass is 16.5. The Labute approximate surface area is 135 Å². The van der Waals surface area contributed by atoms with Gasteiger partial charge in [0.25, 0.3) is 0 Å². The first-order valence-electron chi connectivity index (χ1n) is 7.96. The molecule has 1 heterocycles. The van der Waals surface area contributed by atoms with Crippen molar-refractivity contribution in [2.24, 2.45) is 0 Å². The zero-order valence-corrected chi connectivity index (χ0v) is 13.5. The molecule has 1 aromatic rings. The van der Waals surface area contributed by atoms with E-state index in [2.05, 4.69) is 0 Å². The standard InChI is InChI=1S/C18H21NO4/c1-3-19-8-9-23-18(19)17-15(20)10-13(11-16(17)21)12-4-6-14(22-2)7-5-12/h4-7,13H,3,8-11H2,1-2H3. The maximum absolute atomic E-state index is 12.5. The predicted molar refractivity (Wildman–Crippen MR) is 85.2 cm³/mol. The molecule has 3 rings (SSSR count). The maximum atomic E-state index is 12.5. The number of hydrogen-bond acceptors (Lipinski definition) is 5. The number of ether oxygens (including phenoxy) is 2. The molecule has 1 aromatic carbocycles. The van der Waals surface area contributed by atoms with Gasteiger partial charge < -0.3 is 14.4 Å². The third-order valence-electron chi connectivity index (χ3n) is 4.49. The van der Waals surface area contributed by atoms with Crippen molar-refractivity contribution in [3.8, 4) is 5.75 Å². The van der Waals surface area contributed by atoms with E-state index in [0.29, 0.717) is 25.3 Å². The summed E-state index contributed by atoms with van der Waals surface area (Å²) >= 11 is 0. The van der Waals surface area contributed by atoms with Crippen LogP contribution in [0.4, 0.5) is 0 Å². The van der Waals surface area contributed by atoms with Crippen LogP contribution >= 0.6 is 0 Å². The number of Topliss-reactive ketones (excluding diaryl/α,β-unsaturated/α-hetero) is 2. The molecule has 0 aromatic heterocycles. The van der Waals surface area contributed by atoms with Gasteiger partial charge in [0, 0.05) is 19.4 Å². The van der Waals surface area contributed by atoms with E-state index in [1.807, 2.05) is 36.1 Å². The smallest absolute Gasteiger partial charge is 0.204 e. The maximum Gasteiger partial charge on any atom is 0.204 e. The number of benzene rings is 1. The number of carbonyl (C=O) groups is 2. The summed E-state index contributed by atoms with van der Waals surface area (Å²) in [4.78, 5) is 27.1. The Balaban J connectivity index is 1.83. The first-order valence-corrected chi connectivity index (χ1v) is 7.96. The topological polar surface area (TPSA) is 55.8 Å². The lowest BCUT2D eigenvalue weighted by Crippen LogP contribution is -2.30. The molecule has 0 atom stereocenters. The molecule has 5 nitrogen and oxygen atoms in total. The van der Waals surface area contributed by atoms with Crippen LogP contribution in [0.5, 0.6) is 5.75 Å². The van der Waals surface area contributed by atoms with Gasteiger partial charge in [0.2, 0.25) is 5.88 Å². The summed E-state index contributed by atoms with van der Waals surface area (Å²) in [5, 5.41) is 0. The predicted octanol–water partition coefficient (Wildman–Crippen LogP) is 2.27. The average molecular weight is 315 g/mol. The number of carbonyl (C=O) groups excluding carboxylic acids is 2. The van der Waals surface area contributed by atoms with E-state index in [9.17, 15) is 9.59 Å². The van der Waals surface area contributed by atoms with Crippen LogP contribution in [0, 0.1) is 0 Å². The molecule has 1 saturated carbocycles. The molecule has 0 bridgehead atoms. The average Bonchev–Trinajstić information content (AvgIpc) is 3.02. The Hall–Kier alpha value is -2.30. The largest absolute Gasteiger partial charge is 0.497 e. The van der Waals surface area contributed by atoms with E-state index >= 15 is 0 Å². The van der Waals surface area contributed by atoms with Crippen LogP contribution in [0.3, 0.4) is 0 Å². The van der Waals surface area contributed by atoms with Crippen molar-refractivity contribution in [3.05, 3.63) is 41.3 Å². The van der Waals surface area contributed by atoms with Gasteiger partial charge in [-0.15, -0.1) is 0 Å². The van der Waals surface area contributed by atoms with Gasteiger partial charge in [0.05, 0.1) is 13.7 Å². The highest BCUT2D eigenvalue weighted by Crippen LogP contribution is 2.34. The number of allylic oxidation sites excluding steroid dienone is 1. The van der Waals surface area contributed by atoms with Crippen LogP contribution in [0.25, 0.3) is 0 Å². The van der Waals surface area contributed by atoms with Crippen LogP contribution in [0.1, 0.15) is 31.2 Å². The van der Waals surface area contributed by atoms with Crippen molar-refractivity contribution in [1.29, 1.82) is 0 Å². The summed E-state index contributed by atoms with van der Waals surface area (Å²) in [7, 11) is 1.61. The van der Waals surface area contributed by atoms with Gasteiger partial charge >= 0.3 is 0 Å². The first kappa shape index (κ1) is 15.6. The van der Waals surface area contributed by atoms with Crippen LogP contribution in [0.2, 0.25) is 0 Å². The van der Waals surface area contributed by atoms with Gasteiger partial charge in [0.15, 0.2) is 11.6 Å². The van der Waals surface area contributed by atoms with Crippen LogP contribution in [0.15, 0.2) is 35.7 Å². The van der Waals surface area contributed by atoms with E-state index in [4.69, 9.17) is 9.47 Å². The van der Waals surface area contributed by atoms with Gasteiger partial charge in [-0.25, -0.2) is 0 Å². The second-order valence-corrected chi connectivity index (χ2v) is 5.83. The Morgan fingerprint density at radius 2 is 1.83 bits per heavy atom. The zero-order valence-electron chi connectivity index (χ0n) is 13.5. The van der Waals surface area contributed by atoms with E-state index in [1.165, 1.54) is 0 Å². The van der Waals surface area contributed by atoms with Crippen LogP contribution < -0.4 is 4.74 Å². The van der Waals surface area contributed by atoms with Gasteiger partial charge in [-0.05, 0) is 30.5 Å². The lowest BCUT2D eigenvalue weighted by atomic mass is 9.80. The van der Waals surface area contributed by atoms with E-state index in [1.54, 1.807) is 7.11 Å². The molecule has 1 aliphatic heterocycles. The number of nitrogens with zero attached hydrogens (tertiary/aromatic N) is 1. The highest BCUT2D eigenvalue weighted by molar-refractivity contribution is 6.22. The molecule has 2 aliphatic rings. The minimum absolute atomic E-state index is 0.0678. The van der Waals surface area contributed by atoms with E-state index in [-0.39, 0.29) is 23.1 Å². The molecule has 122 valence electrons. The summed E-state index contributed by atoms with van der Waals surface area (Å²) < 4.78 is 10.7. The third-order valence-corrected chi connectivity index (χ3v) is 4.49. The van der Waals surface area contributed by atoms with Crippen LogP contribution in [-0.2, 0) is 14.3 Å². The molecular weight excluding hydrogens is 294 g/mol. The lowest BCUT2D eigenvalue weighted by Gasteiger charge is -2.25. The molecule has 0 N–H and O–H groups in total. The van der Waals surface area contributed by atoms with Gasteiger partial charge in [-0.3, -0.25) is 9.59 Å². The molecule has 23 heavy (non-hydrogen) atoms. The fourth-order valence-corrected chi connectivity index (χ4v) is 3.21. The monoisotopic (exact) mass is 315 g/mol. The summed E-state index contributed by atoms with van der Waals surface area (Å²) in [5.41, 5.74) is 1.25. The SMILES string of the molecule is CCN1CCOC1=C1C(=O)CC(c2ccc(OC)cc2)CC1=O. The molecule has 5 heteroatoms. The summed E-state index contributed by atoms with van der Waals surface area (Å²) in [6, 6.07) is 7.56. The minimum Gasteiger partial charge on any atom is -0.497 e. The molecule has 1 saturated heterocycles. The first-order chi connectivity index (χ1) is 11.1. The van der Waals surface area contributed by atoms with Gasteiger partial charge in [-0.2, -0.15) is 0 Å².